The van der Waals surface area contributed by atoms with E-state index in [9.17, 15) is 4.79 Å². The van der Waals surface area contributed by atoms with E-state index in [1.165, 1.54) is 7.11 Å². The molecule has 0 aromatic rings. The molecular weight excluding hydrogens is 158 g/mol. The Morgan fingerprint density at radius 1 is 1.75 bits per heavy atom. The molecule has 5 nitrogen and oxygen atoms in total. The molecule has 0 aliphatic heterocycles. The summed E-state index contributed by atoms with van der Waals surface area (Å²) in [6.07, 6.45) is 0.551. The average Bonchev–Trinajstić information content (AvgIpc) is 2.04. The van der Waals surface area contributed by atoms with Gasteiger partial charge < -0.3 is 15.9 Å². The first-order valence-corrected chi connectivity index (χ1v) is 3.60. The summed E-state index contributed by atoms with van der Waals surface area (Å²) < 4.78 is 0. The number of hydrogen-bond donors (Lipinski definition) is 2. The van der Waals surface area contributed by atoms with E-state index >= 15 is 0 Å². The number of nitrogens with two attached hydrogens (primary N) is 1. The van der Waals surface area contributed by atoms with Crippen molar-refractivity contribution in [1.29, 1.82) is 0 Å². The first kappa shape index (κ1) is 10.9. The van der Waals surface area contributed by atoms with Gasteiger partial charge in [0.15, 0.2) is 5.84 Å². The molecule has 0 saturated heterocycles. The molecule has 0 bridgehead atoms. The standard InChI is InChI=1S/C7H15N3O2/c1-7(2,4-8)6(9-5-11)10-12-3/h5H,4,8H2,1-3H3,(H,9,10,11). The predicted octanol–water partition coefficient (Wildman–Crippen LogP) is -0.323. The Hall–Kier alpha value is -1.10. The number of hydrogen-bond acceptors (Lipinski definition) is 4. The number of amidine groups is 1. The summed E-state index contributed by atoms with van der Waals surface area (Å²) in [6, 6.07) is 0. The third-order valence-electron chi connectivity index (χ3n) is 1.53. The van der Waals surface area contributed by atoms with Crippen LogP contribution in [0.15, 0.2) is 5.16 Å². The molecule has 0 spiro atoms. The Kier molecular flexibility index (Phi) is 4.28. The number of nitrogens with one attached hydrogen (secondary N) is 1. The molecule has 0 fully saturated rings. The highest BCUT2D eigenvalue weighted by Gasteiger charge is 2.23. The van der Waals surface area contributed by atoms with Crippen molar-refractivity contribution < 1.29 is 9.63 Å². The van der Waals surface area contributed by atoms with Crippen LogP contribution in [0.4, 0.5) is 0 Å². The first-order valence-electron chi connectivity index (χ1n) is 3.60. The highest BCUT2D eigenvalue weighted by atomic mass is 16.6. The van der Waals surface area contributed by atoms with Crippen molar-refractivity contribution in [3.05, 3.63) is 0 Å². The molecule has 0 radical (unpaired) electrons. The van der Waals surface area contributed by atoms with Gasteiger partial charge in [0.1, 0.15) is 7.11 Å². The van der Waals surface area contributed by atoms with E-state index < -0.39 is 0 Å². The van der Waals surface area contributed by atoms with E-state index in [0.29, 0.717) is 18.8 Å². The van der Waals surface area contributed by atoms with E-state index in [1.54, 1.807) is 0 Å². The zero-order valence-corrected chi connectivity index (χ0v) is 7.63. The lowest BCUT2D eigenvalue weighted by atomic mass is 9.92. The molecule has 0 aromatic heterocycles. The van der Waals surface area contributed by atoms with Crippen molar-refractivity contribution in [3.8, 4) is 0 Å². The highest BCUT2D eigenvalue weighted by Crippen LogP contribution is 2.13. The molecule has 12 heavy (non-hydrogen) atoms. The number of oxime groups is 1. The van der Waals surface area contributed by atoms with Gasteiger partial charge in [-0.1, -0.05) is 19.0 Å². The van der Waals surface area contributed by atoms with Crippen molar-refractivity contribution in [2.24, 2.45) is 16.3 Å². The smallest absolute Gasteiger partial charge is 0.212 e. The van der Waals surface area contributed by atoms with Gasteiger partial charge in [-0.15, -0.1) is 0 Å². The van der Waals surface area contributed by atoms with E-state index in [-0.39, 0.29) is 5.41 Å². The van der Waals surface area contributed by atoms with Crippen LogP contribution in [0.1, 0.15) is 13.8 Å². The quantitative estimate of drug-likeness (QED) is 0.265. The van der Waals surface area contributed by atoms with Gasteiger partial charge >= 0.3 is 0 Å². The Bertz CT molecular complexity index is 177. The fraction of sp³-hybridized carbons (Fsp3) is 0.714. The third kappa shape index (κ3) is 2.87. The summed E-state index contributed by atoms with van der Waals surface area (Å²) in [5.41, 5.74) is 5.10. The fourth-order valence-electron chi connectivity index (χ4n) is 0.589. The predicted molar refractivity (Wildman–Crippen MR) is 46.5 cm³/mol. The topological polar surface area (TPSA) is 76.7 Å². The molecule has 5 heteroatoms. The number of carbonyl (C=O) groups is 1. The van der Waals surface area contributed by atoms with Crippen molar-refractivity contribution in [3.63, 3.8) is 0 Å². The van der Waals surface area contributed by atoms with E-state index in [4.69, 9.17) is 5.73 Å². The second-order valence-electron chi connectivity index (χ2n) is 2.97. The Morgan fingerprint density at radius 2 is 2.33 bits per heavy atom. The molecule has 1 amide bonds. The van der Waals surface area contributed by atoms with Gasteiger partial charge in [-0.3, -0.25) is 4.79 Å². The number of nitrogens with zero attached hydrogens (tertiary/aromatic N) is 1. The molecule has 3 N–H and O–H groups in total. The van der Waals surface area contributed by atoms with Gasteiger partial charge in [0.05, 0.1) is 0 Å². The van der Waals surface area contributed by atoms with E-state index in [2.05, 4.69) is 15.3 Å². The molecule has 70 valence electrons. The third-order valence-corrected chi connectivity index (χ3v) is 1.53. The molecule has 0 aromatic carbocycles. The van der Waals surface area contributed by atoms with Gasteiger partial charge in [-0.25, -0.2) is 0 Å². The lowest BCUT2D eigenvalue weighted by Gasteiger charge is -2.22. The van der Waals surface area contributed by atoms with Crippen LogP contribution in [-0.2, 0) is 9.63 Å². The highest BCUT2D eigenvalue weighted by molar-refractivity contribution is 5.94. The summed E-state index contributed by atoms with van der Waals surface area (Å²) in [5.74, 6) is 0.433. The SMILES string of the molecule is CO/N=C(\NC=O)C(C)(C)CN. The van der Waals surface area contributed by atoms with Gasteiger partial charge in [0.2, 0.25) is 6.41 Å². The van der Waals surface area contributed by atoms with Crippen molar-refractivity contribution >= 4 is 12.2 Å². The van der Waals surface area contributed by atoms with Gasteiger partial charge in [-0.05, 0) is 0 Å². The van der Waals surface area contributed by atoms with Gasteiger partial charge in [0.25, 0.3) is 0 Å². The molecule has 0 aliphatic rings. The molecule has 0 saturated carbocycles. The van der Waals surface area contributed by atoms with Crippen LogP contribution in [-0.4, -0.2) is 25.9 Å². The van der Waals surface area contributed by atoms with Gasteiger partial charge in [-0.2, -0.15) is 0 Å². The molecule has 0 rings (SSSR count). The Labute approximate surface area is 71.9 Å². The summed E-state index contributed by atoms with van der Waals surface area (Å²) >= 11 is 0. The maximum atomic E-state index is 10.2. The Balaban J connectivity index is 4.49. The van der Waals surface area contributed by atoms with Crippen molar-refractivity contribution in [2.75, 3.05) is 13.7 Å². The molecular formula is C7H15N3O2. The second-order valence-corrected chi connectivity index (χ2v) is 2.97. The van der Waals surface area contributed by atoms with Crippen LogP contribution in [0.25, 0.3) is 0 Å². The van der Waals surface area contributed by atoms with Crippen LogP contribution in [0, 0.1) is 5.41 Å². The maximum Gasteiger partial charge on any atom is 0.212 e. The van der Waals surface area contributed by atoms with Crippen LogP contribution >= 0.6 is 0 Å². The largest absolute Gasteiger partial charge is 0.398 e. The molecule has 0 heterocycles. The fourth-order valence-corrected chi connectivity index (χ4v) is 0.589. The van der Waals surface area contributed by atoms with E-state index in [0.717, 1.165) is 0 Å². The average molecular weight is 173 g/mol. The minimum Gasteiger partial charge on any atom is -0.398 e. The summed E-state index contributed by atoms with van der Waals surface area (Å²) in [5, 5.41) is 6.09. The number of carbonyl (C=O) groups excluding carboxylic acids is 1. The monoisotopic (exact) mass is 173 g/mol. The first-order chi connectivity index (χ1) is 5.58. The van der Waals surface area contributed by atoms with Gasteiger partial charge in [0, 0.05) is 12.0 Å². The van der Waals surface area contributed by atoms with E-state index in [1.807, 2.05) is 13.8 Å². The van der Waals surface area contributed by atoms with Crippen LogP contribution < -0.4 is 11.1 Å². The Morgan fingerprint density at radius 3 is 2.67 bits per heavy atom. The van der Waals surface area contributed by atoms with Crippen molar-refractivity contribution in [2.45, 2.75) is 13.8 Å². The van der Waals surface area contributed by atoms with Crippen LogP contribution in [0.3, 0.4) is 0 Å². The zero-order valence-electron chi connectivity index (χ0n) is 7.63. The zero-order chi connectivity index (χ0) is 9.61. The number of rotatable bonds is 4. The minimum absolute atomic E-state index is 0.378. The summed E-state index contributed by atoms with van der Waals surface area (Å²) in [6.45, 7) is 4.11. The summed E-state index contributed by atoms with van der Waals surface area (Å²) in [4.78, 5) is 14.7. The normalized spacial score (nSPS) is 12.5. The molecule has 0 atom stereocenters. The maximum absolute atomic E-state index is 10.2. The van der Waals surface area contributed by atoms with Crippen molar-refractivity contribution in [1.82, 2.24) is 5.32 Å². The van der Waals surface area contributed by atoms with Crippen LogP contribution in [0.2, 0.25) is 0 Å². The summed E-state index contributed by atoms with van der Waals surface area (Å²) in [7, 11) is 1.42. The molecule has 0 unspecified atom stereocenters. The molecule has 0 aliphatic carbocycles. The lowest BCUT2D eigenvalue weighted by Crippen LogP contribution is -2.41. The number of amides is 1. The minimum atomic E-state index is -0.378. The second kappa shape index (κ2) is 4.71. The van der Waals surface area contributed by atoms with Crippen LogP contribution in [0.5, 0.6) is 0 Å². The lowest BCUT2D eigenvalue weighted by molar-refractivity contribution is -0.108.